The number of aliphatic imine (C=N–C) groups is 2. The van der Waals surface area contributed by atoms with E-state index in [4.69, 9.17) is 5.41 Å². The molecule has 0 spiro atoms. The average Bonchev–Trinajstić information content (AvgIpc) is 4.16. The molecule has 0 aromatic carbocycles. The number of guanidine groups is 1. The second kappa shape index (κ2) is 33.8. The van der Waals surface area contributed by atoms with Gasteiger partial charge in [-0.2, -0.15) is 58.8 Å². The fourth-order valence-electron chi connectivity index (χ4n) is 5.16. The summed E-state index contributed by atoms with van der Waals surface area (Å²) in [5.74, 6) is 11.7. The van der Waals surface area contributed by atoms with E-state index in [0.29, 0.717) is 5.17 Å². The number of rotatable bonds is 25. The van der Waals surface area contributed by atoms with Crippen LogP contribution in [0.25, 0.3) is 0 Å². The van der Waals surface area contributed by atoms with Crippen LogP contribution in [0.15, 0.2) is 41.6 Å². The fraction of sp³-hybridized carbons (Fsp3) is 0.561. The molecule has 64 heavy (non-hydrogen) atoms. The first-order chi connectivity index (χ1) is 31.1. The first kappa shape index (κ1) is 54.7. The van der Waals surface area contributed by atoms with Gasteiger partial charge in [0.1, 0.15) is 0 Å². The molecule has 0 atom stereocenters. The first-order valence-electron chi connectivity index (χ1n) is 21.0. The Bertz CT molecular complexity index is 1980. The van der Waals surface area contributed by atoms with Crippen LogP contribution in [0.2, 0.25) is 0 Å². The summed E-state index contributed by atoms with van der Waals surface area (Å²) < 4.78 is 0. The molecule has 5 heterocycles. The summed E-state index contributed by atoms with van der Waals surface area (Å²) in [5, 5.41) is 21.0. The molecule has 0 bridgehead atoms. The van der Waals surface area contributed by atoms with Crippen molar-refractivity contribution >= 4 is 87.5 Å². The van der Waals surface area contributed by atoms with E-state index < -0.39 is 0 Å². The zero-order chi connectivity index (χ0) is 46.2. The number of nitrogens with zero attached hydrogens (tertiary/aromatic N) is 7. The summed E-state index contributed by atoms with van der Waals surface area (Å²) in [6, 6.07) is 0. The first-order valence-corrected chi connectivity index (χ1v) is 28.0. The molecule has 23 heteroatoms. The van der Waals surface area contributed by atoms with Crippen LogP contribution in [0.4, 0.5) is 0 Å². The lowest BCUT2D eigenvalue weighted by molar-refractivity contribution is 0.863. The van der Waals surface area contributed by atoms with Gasteiger partial charge in [-0.05, 0) is 47.8 Å². The lowest BCUT2D eigenvalue weighted by Gasteiger charge is -2.11. The van der Waals surface area contributed by atoms with Crippen LogP contribution in [0.1, 0.15) is 63.9 Å². The number of imidazole rings is 5. The number of amidine groups is 2. The highest BCUT2D eigenvalue weighted by Gasteiger charge is 2.05. The van der Waals surface area contributed by atoms with Gasteiger partial charge in [0.05, 0.1) is 65.9 Å². The predicted molar refractivity (Wildman–Crippen MR) is 282 cm³/mol. The summed E-state index contributed by atoms with van der Waals surface area (Å²) >= 11 is 10.7. The monoisotopic (exact) mass is 991 g/mol. The van der Waals surface area contributed by atoms with Crippen LogP contribution in [-0.4, -0.2) is 142 Å². The summed E-state index contributed by atoms with van der Waals surface area (Å²) in [5.41, 5.74) is 11.5. The summed E-state index contributed by atoms with van der Waals surface area (Å²) in [6.45, 7) is 16.7. The molecule has 5 rings (SSSR count). The van der Waals surface area contributed by atoms with E-state index in [0.717, 1.165) is 159 Å². The molecule has 0 amide bonds. The molecule has 0 aliphatic heterocycles. The third kappa shape index (κ3) is 23.5. The van der Waals surface area contributed by atoms with Crippen molar-refractivity contribution in [1.29, 1.82) is 5.41 Å². The highest BCUT2D eigenvalue weighted by atomic mass is 32.2. The van der Waals surface area contributed by atoms with Gasteiger partial charge in [0, 0.05) is 126 Å². The number of H-pyrrole nitrogens is 5. The van der Waals surface area contributed by atoms with Crippen LogP contribution < -0.4 is 21.3 Å². The van der Waals surface area contributed by atoms with Gasteiger partial charge in [0.15, 0.2) is 11.1 Å². The zero-order valence-electron chi connectivity index (χ0n) is 38.6. The maximum atomic E-state index is 7.37. The van der Waals surface area contributed by atoms with E-state index >= 15 is 0 Å². The van der Waals surface area contributed by atoms with Crippen LogP contribution >= 0.6 is 70.6 Å². The van der Waals surface area contributed by atoms with E-state index in [2.05, 4.69) is 109 Å². The molecule has 354 valence electrons. The quantitative estimate of drug-likeness (QED) is 0.0164. The minimum absolute atomic E-state index is 0.534. The third-order valence-corrected chi connectivity index (χ3v) is 14.5. The van der Waals surface area contributed by atoms with Crippen molar-refractivity contribution < 1.29 is 0 Å². The van der Waals surface area contributed by atoms with Gasteiger partial charge in [0.25, 0.3) is 0 Å². The molecule has 0 saturated heterocycles. The Morgan fingerprint density at radius 2 is 0.828 bits per heavy atom. The topological polar surface area (TPSA) is 240 Å². The van der Waals surface area contributed by atoms with E-state index in [1.165, 1.54) is 11.8 Å². The van der Waals surface area contributed by atoms with E-state index in [9.17, 15) is 0 Å². The average molecular weight is 993 g/mol. The number of hydrogen-bond acceptors (Lipinski definition) is 14. The van der Waals surface area contributed by atoms with Crippen molar-refractivity contribution in [1.82, 2.24) is 71.1 Å². The normalized spacial score (nSPS) is 11.0. The minimum atomic E-state index is 0.534. The molecule has 10 N–H and O–H groups in total. The van der Waals surface area contributed by atoms with Crippen molar-refractivity contribution in [2.24, 2.45) is 9.98 Å². The van der Waals surface area contributed by atoms with Crippen LogP contribution in [0.3, 0.4) is 0 Å². The van der Waals surface area contributed by atoms with Crippen LogP contribution in [0.5, 0.6) is 0 Å². The number of aromatic amines is 5. The maximum Gasteiger partial charge on any atom is 0.191 e. The Kier molecular flexibility index (Phi) is 28.9. The molecule has 0 saturated carbocycles. The largest absolute Gasteiger partial charge is 0.373 e. The Morgan fingerprint density at radius 3 is 1.12 bits per heavy atom. The van der Waals surface area contributed by atoms with Gasteiger partial charge in [-0.3, -0.25) is 15.4 Å². The van der Waals surface area contributed by atoms with E-state index in [-0.39, 0.29) is 0 Å². The van der Waals surface area contributed by atoms with Gasteiger partial charge in [-0.25, -0.2) is 24.9 Å². The third-order valence-electron chi connectivity index (χ3n) is 9.11. The Labute approximate surface area is 405 Å². The summed E-state index contributed by atoms with van der Waals surface area (Å²) in [4.78, 5) is 45.7. The van der Waals surface area contributed by atoms with Gasteiger partial charge in [0.2, 0.25) is 0 Å². The summed E-state index contributed by atoms with van der Waals surface area (Å²) in [6.07, 6.45) is 10.6. The Morgan fingerprint density at radius 1 is 0.516 bits per heavy atom. The van der Waals surface area contributed by atoms with Crippen molar-refractivity contribution in [3.63, 3.8) is 0 Å². The smallest absolute Gasteiger partial charge is 0.191 e. The van der Waals surface area contributed by atoms with Crippen LogP contribution in [-0.2, 0) is 28.8 Å². The van der Waals surface area contributed by atoms with Gasteiger partial charge in [-0.1, -0.05) is 11.8 Å². The molecule has 5 aromatic rings. The van der Waals surface area contributed by atoms with E-state index in [1.54, 1.807) is 38.7 Å². The zero-order valence-corrected chi connectivity index (χ0v) is 43.5. The molecule has 0 unspecified atom stereocenters. The molecular weight excluding hydrogens is 923 g/mol. The molecule has 0 aliphatic rings. The Balaban J connectivity index is 0.000000264. The lowest BCUT2D eigenvalue weighted by Crippen LogP contribution is -2.39. The number of nitrogens with one attached hydrogen (secondary N) is 10. The number of aryl methyl sites for hydroxylation is 5. The standard InChI is InChI=1S/C16H27N7S2.C16H26N6S2.C9H16N4S2/c1-12-14(22-10-20-12)8-24-6-4-18-16(17-3)19-5-7-25-9-15-13(2)21-11-23-15;1-12-15(21-10-19-12)8-23-6-4-17-14(3)18-5-7-24-9-16-13(2)20-11-22-16;1-7-8(13-6-12-7)5-15-4-3-11-9(10)14-2/h10-11H,4-9H2,1-3H3,(H,20,22)(H,21,23)(H2,17,18,19);10-11H,4-9H2,1-3H3,(H,17,18)(H,19,21)(H,20,22);6H,3-5H2,1-2H3,(H2,10,11)(H,12,13). The van der Waals surface area contributed by atoms with Gasteiger partial charge in [-0.15, -0.1) is 0 Å². The second-order valence-corrected chi connectivity index (χ2v) is 20.3. The van der Waals surface area contributed by atoms with Crippen molar-refractivity contribution in [2.45, 2.75) is 70.3 Å². The summed E-state index contributed by atoms with van der Waals surface area (Å²) in [7, 11) is 1.80. The number of aromatic nitrogens is 10. The second-order valence-electron chi connectivity index (χ2n) is 13.9. The predicted octanol–water partition coefficient (Wildman–Crippen LogP) is 6.84. The van der Waals surface area contributed by atoms with Crippen molar-refractivity contribution in [2.75, 3.05) is 74.8 Å². The highest BCUT2D eigenvalue weighted by Crippen LogP contribution is 2.15. The van der Waals surface area contributed by atoms with Crippen molar-refractivity contribution in [3.8, 4) is 0 Å². The molecule has 5 aromatic heterocycles. The number of hydrogen-bond donors (Lipinski definition) is 10. The number of thioether (sulfide) groups is 6. The molecule has 0 radical (unpaired) electrons. The molecule has 17 nitrogen and oxygen atoms in total. The maximum absolute atomic E-state index is 7.37. The fourth-order valence-corrected chi connectivity index (χ4v) is 9.75. The van der Waals surface area contributed by atoms with E-state index in [1.807, 2.05) is 78.9 Å². The minimum Gasteiger partial charge on any atom is -0.373 e. The SMILES string of the molecule is C/C(=N\CCSCc1nc[nH]c1C)NCCSCc1nc[nH]c1C.CN=C(NCCSCc1nc[nH]c1C)NCCSCc1nc[nH]c1C.CSC(=N)NCCSCc1nc[nH]c1C. The van der Waals surface area contributed by atoms with Gasteiger partial charge >= 0.3 is 0 Å². The Hall–Kier alpha value is -3.64. The lowest BCUT2D eigenvalue weighted by atomic mass is 10.4. The molecule has 0 fully saturated rings. The highest BCUT2D eigenvalue weighted by molar-refractivity contribution is 8.13. The molecular formula is C41H69N17S6. The van der Waals surface area contributed by atoms with Crippen LogP contribution in [0, 0.1) is 40.0 Å². The van der Waals surface area contributed by atoms with Crippen molar-refractivity contribution in [3.05, 3.63) is 88.6 Å². The molecule has 0 aliphatic carbocycles. The van der Waals surface area contributed by atoms with Gasteiger partial charge < -0.3 is 46.2 Å².